The summed E-state index contributed by atoms with van der Waals surface area (Å²) in [5.74, 6) is 0.927. The molecule has 0 radical (unpaired) electrons. The van der Waals surface area contributed by atoms with Crippen LogP contribution in [0, 0.1) is 5.92 Å². The van der Waals surface area contributed by atoms with Gasteiger partial charge in [0, 0.05) is 20.2 Å². The predicted molar refractivity (Wildman–Crippen MR) is 76.1 cm³/mol. The van der Waals surface area contributed by atoms with Crippen molar-refractivity contribution in [3.8, 4) is 0 Å². The van der Waals surface area contributed by atoms with Crippen LogP contribution in [0.3, 0.4) is 0 Å². The molecule has 1 amide bonds. The molecule has 1 N–H and O–H groups in total. The molecular weight excluding hydrogens is 240 g/mol. The van der Waals surface area contributed by atoms with Gasteiger partial charge in [0.05, 0.1) is 0 Å². The lowest BCUT2D eigenvalue weighted by atomic mass is 9.87. The van der Waals surface area contributed by atoms with Crippen LogP contribution < -0.4 is 5.32 Å². The van der Waals surface area contributed by atoms with Gasteiger partial charge in [-0.3, -0.25) is 4.79 Å². The third-order valence-electron chi connectivity index (χ3n) is 4.69. The fraction of sp³-hybridized carbons (Fsp3) is 0.933. The number of methoxy groups -OCH3 is 1. The zero-order valence-electron chi connectivity index (χ0n) is 12.4. The summed E-state index contributed by atoms with van der Waals surface area (Å²) in [7, 11) is 1.69. The Kier molecular flexibility index (Phi) is 5.22. The normalized spacial score (nSPS) is 27.3. The van der Waals surface area contributed by atoms with E-state index in [-0.39, 0.29) is 5.91 Å². The Morgan fingerprint density at radius 2 is 2.16 bits per heavy atom. The molecule has 0 aromatic heterocycles. The number of piperidine rings is 2. The molecule has 0 bridgehead atoms. The van der Waals surface area contributed by atoms with Crippen molar-refractivity contribution < 1.29 is 9.53 Å². The Labute approximate surface area is 116 Å². The summed E-state index contributed by atoms with van der Waals surface area (Å²) < 4.78 is 5.66. The largest absolute Gasteiger partial charge is 0.368 e. The van der Waals surface area contributed by atoms with Crippen LogP contribution in [-0.2, 0) is 9.53 Å². The number of ether oxygens (including phenoxy) is 1. The Balaban J connectivity index is 2.00. The first-order valence-electron chi connectivity index (χ1n) is 7.77. The average Bonchev–Trinajstić information content (AvgIpc) is 2.48. The highest BCUT2D eigenvalue weighted by Gasteiger charge is 2.43. The van der Waals surface area contributed by atoms with E-state index < -0.39 is 5.60 Å². The number of carbonyl (C=O) groups excluding carboxylic acids is 1. The Bertz CT molecular complexity index is 299. The van der Waals surface area contributed by atoms with E-state index in [2.05, 4.69) is 17.1 Å². The minimum atomic E-state index is -0.556. The molecular formula is C15H28N2O2. The number of amides is 1. The highest BCUT2D eigenvalue weighted by Crippen LogP contribution is 2.29. The van der Waals surface area contributed by atoms with E-state index in [1.54, 1.807) is 7.11 Å². The Hall–Kier alpha value is -0.610. The number of likely N-dealkylation sites (tertiary alicyclic amines) is 1. The highest BCUT2D eigenvalue weighted by atomic mass is 16.5. The van der Waals surface area contributed by atoms with E-state index in [1.165, 1.54) is 19.3 Å². The van der Waals surface area contributed by atoms with Crippen LogP contribution in [0.1, 0.15) is 45.4 Å². The number of nitrogens with zero attached hydrogens (tertiary/aromatic N) is 1. The number of carbonyl (C=O) groups is 1. The molecule has 19 heavy (non-hydrogen) atoms. The quantitative estimate of drug-likeness (QED) is 0.845. The summed E-state index contributed by atoms with van der Waals surface area (Å²) in [4.78, 5) is 14.9. The summed E-state index contributed by atoms with van der Waals surface area (Å²) in [6.07, 6.45) is 6.49. The van der Waals surface area contributed by atoms with Crippen molar-refractivity contribution in [2.45, 2.75) is 51.0 Å². The molecule has 2 aliphatic rings. The maximum Gasteiger partial charge on any atom is 0.254 e. The highest BCUT2D eigenvalue weighted by molar-refractivity contribution is 5.85. The van der Waals surface area contributed by atoms with Crippen LogP contribution in [0.25, 0.3) is 0 Å². The van der Waals surface area contributed by atoms with Gasteiger partial charge in [-0.05, 0) is 51.1 Å². The lowest BCUT2D eigenvalue weighted by Gasteiger charge is -2.41. The van der Waals surface area contributed by atoms with Gasteiger partial charge < -0.3 is 15.0 Å². The zero-order valence-corrected chi connectivity index (χ0v) is 12.4. The third kappa shape index (κ3) is 3.29. The molecule has 1 atom stereocenters. The molecule has 4 heteroatoms. The second-order valence-electron chi connectivity index (χ2n) is 6.00. The summed E-state index contributed by atoms with van der Waals surface area (Å²) in [5.41, 5.74) is -0.556. The second-order valence-corrected chi connectivity index (χ2v) is 6.00. The van der Waals surface area contributed by atoms with Gasteiger partial charge in [-0.25, -0.2) is 0 Å². The van der Waals surface area contributed by atoms with Crippen LogP contribution in [0.4, 0.5) is 0 Å². The van der Waals surface area contributed by atoms with E-state index in [0.717, 1.165) is 45.4 Å². The smallest absolute Gasteiger partial charge is 0.254 e. The zero-order chi connectivity index (χ0) is 13.7. The van der Waals surface area contributed by atoms with Gasteiger partial charge in [-0.1, -0.05) is 13.3 Å². The van der Waals surface area contributed by atoms with Gasteiger partial charge in [0.25, 0.3) is 5.91 Å². The van der Waals surface area contributed by atoms with E-state index in [4.69, 9.17) is 4.74 Å². The maximum absolute atomic E-state index is 12.8. The van der Waals surface area contributed by atoms with Crippen molar-refractivity contribution in [2.24, 2.45) is 5.92 Å². The van der Waals surface area contributed by atoms with Gasteiger partial charge in [-0.2, -0.15) is 0 Å². The summed E-state index contributed by atoms with van der Waals surface area (Å²) >= 11 is 0. The molecule has 110 valence electrons. The van der Waals surface area contributed by atoms with Crippen LogP contribution in [0.2, 0.25) is 0 Å². The van der Waals surface area contributed by atoms with Crippen molar-refractivity contribution >= 4 is 5.91 Å². The van der Waals surface area contributed by atoms with Crippen LogP contribution in [0.15, 0.2) is 0 Å². The summed E-state index contributed by atoms with van der Waals surface area (Å²) in [6.45, 7) is 5.84. The van der Waals surface area contributed by atoms with E-state index in [9.17, 15) is 4.79 Å². The van der Waals surface area contributed by atoms with E-state index >= 15 is 0 Å². The van der Waals surface area contributed by atoms with Gasteiger partial charge in [0.15, 0.2) is 0 Å². The van der Waals surface area contributed by atoms with Crippen LogP contribution in [-0.4, -0.2) is 49.7 Å². The topological polar surface area (TPSA) is 41.6 Å². The van der Waals surface area contributed by atoms with Crippen molar-refractivity contribution in [2.75, 3.05) is 33.3 Å². The van der Waals surface area contributed by atoms with Gasteiger partial charge in [0.1, 0.15) is 5.60 Å². The molecule has 2 aliphatic heterocycles. The molecule has 0 aromatic carbocycles. The van der Waals surface area contributed by atoms with Crippen LogP contribution in [0.5, 0.6) is 0 Å². The van der Waals surface area contributed by atoms with Crippen molar-refractivity contribution in [3.05, 3.63) is 0 Å². The molecule has 0 aromatic rings. The minimum Gasteiger partial charge on any atom is -0.368 e. The van der Waals surface area contributed by atoms with Gasteiger partial charge in [0.2, 0.25) is 0 Å². The molecule has 2 heterocycles. The third-order valence-corrected chi connectivity index (χ3v) is 4.69. The molecule has 0 saturated carbocycles. The standard InChI is InChI=1S/C15H28N2O2/c1-3-5-13-6-4-11-17(12-13)14(18)15(19-2)7-9-16-10-8-15/h13,16H,3-12H2,1-2H3. The second kappa shape index (κ2) is 6.71. The van der Waals surface area contributed by atoms with E-state index in [0.29, 0.717) is 5.92 Å². The number of hydrogen-bond acceptors (Lipinski definition) is 3. The number of nitrogens with one attached hydrogen (secondary N) is 1. The molecule has 2 rings (SSSR count). The molecule has 1 unspecified atom stereocenters. The van der Waals surface area contributed by atoms with E-state index in [1.807, 2.05) is 0 Å². The molecule has 2 saturated heterocycles. The molecule has 0 aliphatic carbocycles. The predicted octanol–water partition coefficient (Wildman–Crippen LogP) is 1.79. The SMILES string of the molecule is CCCC1CCCN(C(=O)C2(OC)CCNCC2)C1. The molecule has 0 spiro atoms. The summed E-state index contributed by atoms with van der Waals surface area (Å²) in [5, 5.41) is 3.31. The Morgan fingerprint density at radius 3 is 2.79 bits per heavy atom. The monoisotopic (exact) mass is 268 g/mol. The molecule has 4 nitrogen and oxygen atoms in total. The Morgan fingerprint density at radius 1 is 1.42 bits per heavy atom. The lowest BCUT2D eigenvalue weighted by Crippen LogP contribution is -2.57. The van der Waals surface area contributed by atoms with Gasteiger partial charge in [-0.15, -0.1) is 0 Å². The van der Waals surface area contributed by atoms with Crippen molar-refractivity contribution in [3.63, 3.8) is 0 Å². The fourth-order valence-corrected chi connectivity index (χ4v) is 3.52. The molecule has 2 fully saturated rings. The first-order chi connectivity index (χ1) is 9.22. The average molecular weight is 268 g/mol. The number of rotatable bonds is 4. The van der Waals surface area contributed by atoms with Crippen LogP contribution >= 0.6 is 0 Å². The van der Waals surface area contributed by atoms with Gasteiger partial charge >= 0.3 is 0 Å². The maximum atomic E-state index is 12.8. The minimum absolute atomic E-state index is 0.234. The first kappa shape index (κ1) is 14.8. The number of hydrogen-bond donors (Lipinski definition) is 1. The van der Waals surface area contributed by atoms with Crippen molar-refractivity contribution in [1.82, 2.24) is 10.2 Å². The van der Waals surface area contributed by atoms with Crippen molar-refractivity contribution in [1.29, 1.82) is 0 Å². The first-order valence-corrected chi connectivity index (χ1v) is 7.77. The fourth-order valence-electron chi connectivity index (χ4n) is 3.52. The summed E-state index contributed by atoms with van der Waals surface area (Å²) in [6, 6.07) is 0. The lowest BCUT2D eigenvalue weighted by molar-refractivity contribution is -0.160.